The summed E-state index contributed by atoms with van der Waals surface area (Å²) in [4.78, 5) is 10.6. The van der Waals surface area contributed by atoms with Gasteiger partial charge in [-0.05, 0) is 20.0 Å². The lowest BCUT2D eigenvalue weighted by molar-refractivity contribution is 0.124. The van der Waals surface area contributed by atoms with Gasteiger partial charge in [0.2, 0.25) is 0 Å². The van der Waals surface area contributed by atoms with Crippen LogP contribution in [0.15, 0.2) is 11.7 Å². The van der Waals surface area contributed by atoms with Gasteiger partial charge in [0.15, 0.2) is 0 Å². The molecule has 1 aliphatic heterocycles. The van der Waals surface area contributed by atoms with E-state index in [2.05, 4.69) is 27.0 Å². The molecule has 2 rings (SSSR count). The first-order valence-electron chi connectivity index (χ1n) is 6.83. The van der Waals surface area contributed by atoms with Crippen LogP contribution in [-0.2, 0) is 0 Å². The molecular weight excluding hydrogens is 244 g/mol. The van der Waals surface area contributed by atoms with Crippen LogP contribution in [0, 0.1) is 0 Å². The highest BCUT2D eigenvalue weighted by Crippen LogP contribution is 2.18. The molecule has 102 valence electrons. The molecule has 1 atom stereocenters. The highest BCUT2D eigenvalue weighted by molar-refractivity contribution is 7.09. The van der Waals surface area contributed by atoms with E-state index in [-0.39, 0.29) is 0 Å². The molecule has 1 N–H and O–H groups in total. The standard InChI is InChI=1S/C13H24N4S/c1-3-4-16-5-7-17(8-6-16)10-12(14-2)13-9-15-11-18-13/h9,11-12,14H,3-8,10H2,1-2H3. The first-order valence-corrected chi connectivity index (χ1v) is 7.71. The van der Waals surface area contributed by atoms with Crippen molar-refractivity contribution in [3.8, 4) is 0 Å². The molecule has 0 amide bonds. The summed E-state index contributed by atoms with van der Waals surface area (Å²) in [5.41, 5.74) is 1.92. The van der Waals surface area contributed by atoms with Gasteiger partial charge in [-0.15, -0.1) is 11.3 Å². The monoisotopic (exact) mass is 268 g/mol. The smallest absolute Gasteiger partial charge is 0.0794 e. The lowest BCUT2D eigenvalue weighted by Crippen LogP contribution is -2.48. The normalized spacial score (nSPS) is 20.1. The van der Waals surface area contributed by atoms with Crippen LogP contribution in [0.3, 0.4) is 0 Å². The maximum atomic E-state index is 4.17. The summed E-state index contributed by atoms with van der Waals surface area (Å²) in [6, 6.07) is 0.426. The van der Waals surface area contributed by atoms with Crippen LogP contribution in [0.5, 0.6) is 0 Å². The van der Waals surface area contributed by atoms with E-state index in [1.165, 1.54) is 44.0 Å². The van der Waals surface area contributed by atoms with Crippen LogP contribution in [-0.4, -0.2) is 61.1 Å². The van der Waals surface area contributed by atoms with E-state index in [4.69, 9.17) is 0 Å². The van der Waals surface area contributed by atoms with Crippen LogP contribution in [0.25, 0.3) is 0 Å². The van der Waals surface area contributed by atoms with Crippen molar-refractivity contribution in [3.63, 3.8) is 0 Å². The van der Waals surface area contributed by atoms with Crippen LogP contribution in [0.2, 0.25) is 0 Å². The van der Waals surface area contributed by atoms with Crippen molar-refractivity contribution in [2.45, 2.75) is 19.4 Å². The summed E-state index contributed by atoms with van der Waals surface area (Å²) in [5, 5.41) is 3.40. The molecule has 1 unspecified atom stereocenters. The van der Waals surface area contributed by atoms with Crippen molar-refractivity contribution in [1.82, 2.24) is 20.1 Å². The Labute approximate surface area is 114 Å². The van der Waals surface area contributed by atoms with E-state index in [0.717, 1.165) is 6.54 Å². The largest absolute Gasteiger partial charge is 0.311 e. The first-order chi connectivity index (χ1) is 8.83. The Morgan fingerprint density at radius 3 is 2.61 bits per heavy atom. The summed E-state index contributed by atoms with van der Waals surface area (Å²) < 4.78 is 0. The highest BCUT2D eigenvalue weighted by Gasteiger charge is 2.20. The Kier molecular flexibility index (Phi) is 5.56. The minimum Gasteiger partial charge on any atom is -0.311 e. The van der Waals surface area contributed by atoms with E-state index in [1.807, 2.05) is 18.8 Å². The van der Waals surface area contributed by atoms with E-state index in [1.54, 1.807) is 11.3 Å². The Morgan fingerprint density at radius 1 is 1.33 bits per heavy atom. The van der Waals surface area contributed by atoms with Crippen LogP contribution in [0.4, 0.5) is 0 Å². The number of piperazine rings is 1. The van der Waals surface area contributed by atoms with Gasteiger partial charge in [-0.3, -0.25) is 9.88 Å². The zero-order valence-electron chi connectivity index (χ0n) is 11.4. The molecule has 1 aromatic heterocycles. The van der Waals surface area contributed by atoms with E-state index in [9.17, 15) is 0 Å². The number of nitrogens with zero attached hydrogens (tertiary/aromatic N) is 3. The number of nitrogens with one attached hydrogen (secondary N) is 1. The maximum absolute atomic E-state index is 4.17. The lowest BCUT2D eigenvalue weighted by Gasteiger charge is -2.36. The molecule has 0 spiro atoms. The average Bonchev–Trinajstić information content (AvgIpc) is 2.92. The predicted octanol–water partition coefficient (Wildman–Crippen LogP) is 1.43. The fraction of sp³-hybridized carbons (Fsp3) is 0.769. The highest BCUT2D eigenvalue weighted by atomic mass is 32.1. The van der Waals surface area contributed by atoms with Crippen molar-refractivity contribution in [2.75, 3.05) is 46.3 Å². The average molecular weight is 268 g/mol. The summed E-state index contributed by atoms with van der Waals surface area (Å²) in [7, 11) is 2.04. The molecule has 1 fully saturated rings. The van der Waals surface area contributed by atoms with Gasteiger partial charge in [0.1, 0.15) is 0 Å². The maximum Gasteiger partial charge on any atom is 0.0794 e. The van der Waals surface area contributed by atoms with E-state index in [0.29, 0.717) is 6.04 Å². The molecule has 5 heteroatoms. The third-order valence-electron chi connectivity index (χ3n) is 3.59. The molecule has 18 heavy (non-hydrogen) atoms. The number of hydrogen-bond donors (Lipinski definition) is 1. The summed E-state index contributed by atoms with van der Waals surface area (Å²) in [6.07, 6.45) is 3.25. The van der Waals surface area contributed by atoms with Gasteiger partial charge in [0.25, 0.3) is 0 Å². The molecule has 0 aliphatic carbocycles. The molecule has 0 aromatic carbocycles. The van der Waals surface area contributed by atoms with Gasteiger partial charge < -0.3 is 10.2 Å². The van der Waals surface area contributed by atoms with Gasteiger partial charge >= 0.3 is 0 Å². The van der Waals surface area contributed by atoms with Crippen LogP contribution >= 0.6 is 11.3 Å². The summed E-state index contributed by atoms with van der Waals surface area (Å²) in [6.45, 7) is 9.41. The van der Waals surface area contributed by atoms with Gasteiger partial charge in [0, 0.05) is 43.8 Å². The van der Waals surface area contributed by atoms with E-state index >= 15 is 0 Å². The number of thiazole rings is 1. The molecule has 0 radical (unpaired) electrons. The topological polar surface area (TPSA) is 31.4 Å². The molecule has 2 heterocycles. The van der Waals surface area contributed by atoms with Crippen molar-refractivity contribution in [1.29, 1.82) is 0 Å². The first kappa shape index (κ1) is 13.9. The fourth-order valence-electron chi connectivity index (χ4n) is 2.49. The van der Waals surface area contributed by atoms with Crippen molar-refractivity contribution in [2.24, 2.45) is 0 Å². The van der Waals surface area contributed by atoms with Gasteiger partial charge in [-0.25, -0.2) is 0 Å². The predicted molar refractivity (Wildman–Crippen MR) is 77.1 cm³/mol. The second-order valence-corrected chi connectivity index (χ2v) is 5.81. The SMILES string of the molecule is CCCN1CCN(CC(NC)c2cncs2)CC1. The molecule has 1 aromatic rings. The molecule has 1 aliphatic rings. The Hall–Kier alpha value is -0.490. The van der Waals surface area contributed by atoms with Gasteiger partial charge in [-0.2, -0.15) is 0 Å². The number of aromatic nitrogens is 1. The van der Waals surface area contributed by atoms with Gasteiger partial charge in [0.05, 0.1) is 11.6 Å². The molecule has 0 bridgehead atoms. The second kappa shape index (κ2) is 7.19. The minimum atomic E-state index is 0.426. The quantitative estimate of drug-likeness (QED) is 0.846. The Balaban J connectivity index is 1.80. The van der Waals surface area contributed by atoms with Gasteiger partial charge in [-0.1, -0.05) is 6.92 Å². The van der Waals surface area contributed by atoms with E-state index < -0.39 is 0 Å². The van der Waals surface area contributed by atoms with Crippen molar-refractivity contribution < 1.29 is 0 Å². The molecular formula is C13H24N4S. The molecule has 1 saturated heterocycles. The third-order valence-corrected chi connectivity index (χ3v) is 4.48. The number of likely N-dealkylation sites (N-methyl/N-ethyl adjacent to an activating group) is 1. The van der Waals surface area contributed by atoms with Crippen LogP contribution < -0.4 is 5.32 Å². The summed E-state index contributed by atoms with van der Waals surface area (Å²) in [5.74, 6) is 0. The second-order valence-electron chi connectivity index (χ2n) is 4.89. The number of hydrogen-bond acceptors (Lipinski definition) is 5. The van der Waals surface area contributed by atoms with Crippen LogP contribution in [0.1, 0.15) is 24.3 Å². The Morgan fingerprint density at radius 2 is 2.06 bits per heavy atom. The number of rotatable bonds is 6. The molecule has 4 nitrogen and oxygen atoms in total. The summed E-state index contributed by atoms with van der Waals surface area (Å²) >= 11 is 1.74. The third kappa shape index (κ3) is 3.75. The molecule has 0 saturated carbocycles. The minimum absolute atomic E-state index is 0.426. The van der Waals surface area contributed by atoms with Crippen molar-refractivity contribution >= 4 is 11.3 Å². The zero-order chi connectivity index (χ0) is 12.8. The fourth-order valence-corrected chi connectivity index (χ4v) is 3.21. The Bertz CT molecular complexity index is 320. The zero-order valence-corrected chi connectivity index (χ0v) is 12.2. The lowest BCUT2D eigenvalue weighted by atomic mass is 10.2. The van der Waals surface area contributed by atoms with Crippen molar-refractivity contribution in [3.05, 3.63) is 16.6 Å².